The summed E-state index contributed by atoms with van der Waals surface area (Å²) in [5, 5.41) is 7.32. The molecule has 0 spiro atoms. The molecule has 3 aliphatic rings. The SMILES string of the molecule is CCc1ccc(C(N)=O)c2c1OCC(NC(CCC1CNc3ccc(F)cc31)C1CCC1)C2. The van der Waals surface area contributed by atoms with Gasteiger partial charge in [0.1, 0.15) is 18.2 Å². The van der Waals surface area contributed by atoms with Crippen LogP contribution < -0.4 is 21.1 Å². The highest BCUT2D eigenvalue weighted by Gasteiger charge is 2.33. The summed E-state index contributed by atoms with van der Waals surface area (Å²) in [4.78, 5) is 12.1. The van der Waals surface area contributed by atoms with Gasteiger partial charge in [-0.2, -0.15) is 0 Å². The maximum absolute atomic E-state index is 13.8. The van der Waals surface area contributed by atoms with Crippen LogP contribution in [0.4, 0.5) is 10.1 Å². The third kappa shape index (κ3) is 4.45. The zero-order valence-corrected chi connectivity index (χ0v) is 19.3. The molecule has 2 aliphatic heterocycles. The summed E-state index contributed by atoms with van der Waals surface area (Å²) in [6, 6.07) is 9.42. The second-order valence-corrected chi connectivity index (χ2v) is 9.86. The Morgan fingerprint density at radius 3 is 2.88 bits per heavy atom. The number of amides is 1. The van der Waals surface area contributed by atoms with Gasteiger partial charge in [-0.25, -0.2) is 4.39 Å². The van der Waals surface area contributed by atoms with Gasteiger partial charge in [0.15, 0.2) is 0 Å². The molecule has 4 N–H and O–H groups in total. The van der Waals surface area contributed by atoms with Crippen LogP contribution in [0.3, 0.4) is 0 Å². The summed E-state index contributed by atoms with van der Waals surface area (Å²) in [5.41, 5.74) is 10.5. The number of halogens is 1. The van der Waals surface area contributed by atoms with Crippen molar-refractivity contribution in [3.8, 4) is 5.75 Å². The fourth-order valence-corrected chi connectivity index (χ4v) is 5.78. The summed E-state index contributed by atoms with van der Waals surface area (Å²) in [6.45, 7) is 3.57. The van der Waals surface area contributed by atoms with Gasteiger partial charge in [0.05, 0.1) is 0 Å². The molecule has 5 rings (SSSR count). The van der Waals surface area contributed by atoms with Crippen LogP contribution in [0.2, 0.25) is 0 Å². The minimum absolute atomic E-state index is 0.153. The highest BCUT2D eigenvalue weighted by molar-refractivity contribution is 5.95. The summed E-state index contributed by atoms with van der Waals surface area (Å²) in [7, 11) is 0. The molecule has 5 nitrogen and oxygen atoms in total. The Morgan fingerprint density at radius 2 is 2.15 bits per heavy atom. The van der Waals surface area contributed by atoms with Crippen molar-refractivity contribution >= 4 is 11.6 Å². The van der Waals surface area contributed by atoms with Gasteiger partial charge in [-0.05, 0) is 79.8 Å². The Hall–Kier alpha value is -2.60. The second kappa shape index (κ2) is 9.34. The summed E-state index contributed by atoms with van der Waals surface area (Å²) in [6.07, 6.45) is 7.48. The van der Waals surface area contributed by atoms with Crippen LogP contribution in [0.1, 0.15) is 72.0 Å². The molecule has 1 saturated carbocycles. The number of benzene rings is 2. The molecular formula is C27H34FN3O2. The summed E-state index contributed by atoms with van der Waals surface area (Å²) in [5.74, 6) is 1.31. The minimum atomic E-state index is -0.395. The lowest BCUT2D eigenvalue weighted by molar-refractivity contribution is 0.0996. The molecule has 0 aromatic heterocycles. The van der Waals surface area contributed by atoms with Gasteiger partial charge >= 0.3 is 0 Å². The van der Waals surface area contributed by atoms with Crippen LogP contribution in [-0.4, -0.2) is 31.1 Å². The van der Waals surface area contributed by atoms with Crippen LogP contribution in [-0.2, 0) is 12.8 Å². The molecule has 2 aromatic carbocycles. The lowest BCUT2D eigenvalue weighted by Gasteiger charge is -2.39. The first-order chi connectivity index (χ1) is 16.0. The number of ether oxygens (including phenoxy) is 1. The van der Waals surface area contributed by atoms with E-state index in [4.69, 9.17) is 10.5 Å². The van der Waals surface area contributed by atoms with Crippen LogP contribution >= 0.6 is 0 Å². The number of nitrogens with two attached hydrogens (primary N) is 1. The normalized spacial score (nSPS) is 22.5. The Labute approximate surface area is 195 Å². The molecule has 0 bridgehead atoms. The number of fused-ring (bicyclic) bond motifs is 2. The second-order valence-electron chi connectivity index (χ2n) is 9.86. The highest BCUT2D eigenvalue weighted by atomic mass is 19.1. The van der Waals surface area contributed by atoms with Crippen molar-refractivity contribution in [1.29, 1.82) is 0 Å². The Bertz CT molecular complexity index is 1040. The number of aryl methyl sites for hydroxylation is 1. The Morgan fingerprint density at radius 1 is 1.30 bits per heavy atom. The molecule has 2 heterocycles. The molecule has 176 valence electrons. The number of primary amides is 1. The van der Waals surface area contributed by atoms with E-state index in [9.17, 15) is 9.18 Å². The fraction of sp³-hybridized carbons (Fsp3) is 0.519. The molecule has 6 heteroatoms. The smallest absolute Gasteiger partial charge is 0.249 e. The number of nitrogens with one attached hydrogen (secondary N) is 2. The first kappa shape index (κ1) is 22.2. The number of hydrogen-bond acceptors (Lipinski definition) is 4. The predicted molar refractivity (Wildman–Crippen MR) is 128 cm³/mol. The van der Waals surface area contributed by atoms with Crippen molar-refractivity contribution in [3.63, 3.8) is 0 Å². The molecule has 1 aliphatic carbocycles. The standard InChI is InChI=1S/C27H34FN3O2/c1-2-16-6-9-21(27(29)32)23-13-20(15-33-26(16)23)31-24(17-4-3-5-17)10-7-18-14-30-25-11-8-19(28)12-22(18)25/h6,8-9,11-12,17-18,20,24,30-31H,2-5,7,10,13-15H2,1H3,(H2,29,32). The van der Waals surface area contributed by atoms with E-state index in [0.717, 1.165) is 60.4 Å². The molecule has 1 amide bonds. The van der Waals surface area contributed by atoms with Gasteiger partial charge in [-0.1, -0.05) is 19.4 Å². The largest absolute Gasteiger partial charge is 0.491 e. The summed E-state index contributed by atoms with van der Waals surface area (Å²) < 4.78 is 20.0. The Balaban J connectivity index is 1.28. The zero-order valence-electron chi connectivity index (χ0n) is 19.3. The molecular weight excluding hydrogens is 417 g/mol. The number of carbonyl (C=O) groups is 1. The van der Waals surface area contributed by atoms with Gasteiger partial charge in [-0.3, -0.25) is 4.79 Å². The van der Waals surface area contributed by atoms with E-state index in [1.807, 2.05) is 18.2 Å². The first-order valence-electron chi connectivity index (χ1n) is 12.4. The average Bonchev–Trinajstić information content (AvgIpc) is 3.17. The van der Waals surface area contributed by atoms with Crippen molar-refractivity contribution in [1.82, 2.24) is 5.32 Å². The van der Waals surface area contributed by atoms with Crippen molar-refractivity contribution in [2.75, 3.05) is 18.5 Å². The lowest BCUT2D eigenvalue weighted by Crippen LogP contribution is -2.49. The van der Waals surface area contributed by atoms with Crippen LogP contribution in [0.25, 0.3) is 0 Å². The van der Waals surface area contributed by atoms with Crippen LogP contribution in [0.15, 0.2) is 30.3 Å². The van der Waals surface area contributed by atoms with E-state index in [2.05, 4.69) is 17.6 Å². The van der Waals surface area contributed by atoms with Gasteiger partial charge in [-0.15, -0.1) is 0 Å². The van der Waals surface area contributed by atoms with Crippen LogP contribution in [0.5, 0.6) is 5.75 Å². The fourth-order valence-electron chi connectivity index (χ4n) is 5.78. The van der Waals surface area contributed by atoms with E-state index in [0.29, 0.717) is 30.0 Å². The molecule has 2 aromatic rings. The molecule has 3 atom stereocenters. The molecule has 3 unspecified atom stereocenters. The van der Waals surface area contributed by atoms with Gasteiger partial charge < -0.3 is 21.1 Å². The molecule has 0 radical (unpaired) electrons. The Kier molecular flexibility index (Phi) is 6.28. The minimum Gasteiger partial charge on any atom is -0.491 e. The topological polar surface area (TPSA) is 76.4 Å². The van der Waals surface area contributed by atoms with E-state index < -0.39 is 5.91 Å². The lowest BCUT2D eigenvalue weighted by atomic mass is 9.76. The van der Waals surface area contributed by atoms with Crippen LogP contribution in [0, 0.1) is 11.7 Å². The average molecular weight is 452 g/mol. The van der Waals surface area contributed by atoms with E-state index in [-0.39, 0.29) is 11.9 Å². The maximum atomic E-state index is 13.8. The molecule has 1 fully saturated rings. The van der Waals surface area contributed by atoms with Crippen molar-refractivity contribution in [2.45, 2.75) is 69.9 Å². The van der Waals surface area contributed by atoms with E-state index >= 15 is 0 Å². The van der Waals surface area contributed by atoms with Gasteiger partial charge in [0.2, 0.25) is 5.91 Å². The van der Waals surface area contributed by atoms with Crippen molar-refractivity contribution in [3.05, 3.63) is 58.4 Å². The highest BCUT2D eigenvalue weighted by Crippen LogP contribution is 2.39. The predicted octanol–water partition coefficient (Wildman–Crippen LogP) is 4.54. The quantitative estimate of drug-likeness (QED) is 0.551. The third-order valence-corrected chi connectivity index (χ3v) is 7.85. The van der Waals surface area contributed by atoms with Gasteiger partial charge in [0, 0.05) is 41.4 Å². The molecule has 33 heavy (non-hydrogen) atoms. The monoisotopic (exact) mass is 451 g/mol. The van der Waals surface area contributed by atoms with E-state index in [1.165, 1.54) is 25.3 Å². The van der Waals surface area contributed by atoms with Gasteiger partial charge in [0.25, 0.3) is 0 Å². The number of carbonyl (C=O) groups excluding carboxylic acids is 1. The first-order valence-corrected chi connectivity index (χ1v) is 12.4. The number of anilines is 1. The van der Waals surface area contributed by atoms with E-state index in [1.54, 1.807) is 6.07 Å². The van der Waals surface area contributed by atoms with Crippen molar-refractivity contribution in [2.24, 2.45) is 11.7 Å². The number of hydrogen-bond donors (Lipinski definition) is 3. The zero-order chi connectivity index (χ0) is 22.9. The summed E-state index contributed by atoms with van der Waals surface area (Å²) >= 11 is 0. The number of rotatable bonds is 8. The third-order valence-electron chi connectivity index (χ3n) is 7.85. The molecule has 0 saturated heterocycles. The maximum Gasteiger partial charge on any atom is 0.249 e. The van der Waals surface area contributed by atoms with Crippen molar-refractivity contribution < 1.29 is 13.9 Å².